The number of alkyl halides is 3. The highest BCUT2D eigenvalue weighted by Crippen LogP contribution is 2.37. The van der Waals surface area contributed by atoms with Gasteiger partial charge >= 0.3 is 12.1 Å². The summed E-state index contributed by atoms with van der Waals surface area (Å²) in [5, 5.41) is 13.9. The van der Waals surface area contributed by atoms with E-state index in [2.05, 4.69) is 5.32 Å². The van der Waals surface area contributed by atoms with Crippen molar-refractivity contribution in [3.05, 3.63) is 63.7 Å². The number of para-hydroxylation sites is 1. The third-order valence-corrected chi connectivity index (χ3v) is 5.59. The minimum atomic E-state index is -4.71. The van der Waals surface area contributed by atoms with Crippen LogP contribution in [0.5, 0.6) is 0 Å². The molecule has 0 bridgehead atoms. The summed E-state index contributed by atoms with van der Waals surface area (Å²) in [7, 11) is 0. The lowest BCUT2D eigenvalue weighted by molar-refractivity contribution is -0.384. The number of Topliss-reactive ketones (excluding diaryl/α,β-unsaturated/α-hetero) is 1. The van der Waals surface area contributed by atoms with Crippen LogP contribution in [0.25, 0.3) is 0 Å². The van der Waals surface area contributed by atoms with Crippen LogP contribution in [-0.4, -0.2) is 42.3 Å². The molecule has 0 unspecified atom stereocenters. The second-order valence-corrected chi connectivity index (χ2v) is 7.98. The highest BCUT2D eigenvalue weighted by atomic mass is 19.4. The van der Waals surface area contributed by atoms with E-state index in [9.17, 15) is 37.7 Å². The number of ketones is 1. The summed E-state index contributed by atoms with van der Waals surface area (Å²) in [6, 6.07) is 8.74. The number of carbonyl (C=O) groups is 3. The number of nitro benzene ring substituents is 1. The molecule has 186 valence electrons. The van der Waals surface area contributed by atoms with Crippen molar-refractivity contribution in [1.82, 2.24) is 0 Å². The standard InChI is InChI=1S/C23H22F3N3O6/c1-14(30)17-4-2-3-5-18(17)27-21(31)13-35-22(32)15-8-10-28(11-9-15)19-7-6-16(23(24,25)26)12-20(19)29(33)34/h2-7,12,15H,8-11,13H2,1H3,(H,27,31). The number of piperidine rings is 1. The summed E-state index contributed by atoms with van der Waals surface area (Å²) < 4.78 is 43.8. The molecule has 1 N–H and O–H groups in total. The molecule has 3 rings (SSSR count). The van der Waals surface area contributed by atoms with Crippen LogP contribution in [0.2, 0.25) is 0 Å². The number of hydrogen-bond acceptors (Lipinski definition) is 7. The Hall–Kier alpha value is -3.96. The first-order valence-electron chi connectivity index (χ1n) is 10.6. The van der Waals surface area contributed by atoms with E-state index < -0.39 is 46.8 Å². The van der Waals surface area contributed by atoms with E-state index in [1.807, 2.05) is 0 Å². The normalized spacial score (nSPS) is 14.3. The van der Waals surface area contributed by atoms with Crippen molar-refractivity contribution in [3.8, 4) is 0 Å². The molecule has 12 heteroatoms. The van der Waals surface area contributed by atoms with Gasteiger partial charge in [-0.15, -0.1) is 0 Å². The summed E-state index contributed by atoms with van der Waals surface area (Å²) in [4.78, 5) is 48.2. The van der Waals surface area contributed by atoms with Gasteiger partial charge in [-0.05, 0) is 44.0 Å². The molecular weight excluding hydrogens is 471 g/mol. The van der Waals surface area contributed by atoms with Gasteiger partial charge in [0, 0.05) is 24.7 Å². The molecule has 1 heterocycles. The quantitative estimate of drug-likeness (QED) is 0.266. The zero-order valence-corrected chi connectivity index (χ0v) is 18.6. The van der Waals surface area contributed by atoms with Crippen molar-refractivity contribution in [1.29, 1.82) is 0 Å². The van der Waals surface area contributed by atoms with Gasteiger partial charge in [-0.25, -0.2) is 0 Å². The van der Waals surface area contributed by atoms with Gasteiger partial charge in [-0.2, -0.15) is 13.2 Å². The Morgan fingerprint density at radius 2 is 1.80 bits per heavy atom. The highest BCUT2D eigenvalue weighted by molar-refractivity contribution is 6.04. The fourth-order valence-corrected chi connectivity index (χ4v) is 3.81. The first-order valence-corrected chi connectivity index (χ1v) is 10.6. The van der Waals surface area contributed by atoms with Crippen LogP contribution in [0.4, 0.5) is 30.2 Å². The van der Waals surface area contributed by atoms with Crippen LogP contribution in [0.3, 0.4) is 0 Å². The number of amides is 1. The third kappa shape index (κ3) is 6.34. The van der Waals surface area contributed by atoms with E-state index in [4.69, 9.17) is 4.74 Å². The number of rotatable bonds is 7. The number of nitro groups is 1. The van der Waals surface area contributed by atoms with E-state index in [0.717, 1.165) is 12.1 Å². The Balaban J connectivity index is 1.56. The molecule has 1 aliphatic rings. The van der Waals surface area contributed by atoms with Gasteiger partial charge in [0.05, 0.1) is 22.1 Å². The second-order valence-electron chi connectivity index (χ2n) is 7.98. The van der Waals surface area contributed by atoms with Crippen molar-refractivity contribution in [3.63, 3.8) is 0 Å². The number of halogens is 3. The molecule has 0 spiro atoms. The summed E-state index contributed by atoms with van der Waals surface area (Å²) >= 11 is 0. The fourth-order valence-electron chi connectivity index (χ4n) is 3.81. The van der Waals surface area contributed by atoms with Gasteiger partial charge < -0.3 is 15.0 Å². The molecule has 0 atom stereocenters. The van der Waals surface area contributed by atoms with E-state index in [-0.39, 0.29) is 37.4 Å². The lowest BCUT2D eigenvalue weighted by atomic mass is 9.96. The number of carbonyl (C=O) groups excluding carboxylic acids is 3. The smallest absolute Gasteiger partial charge is 0.416 e. The second kappa shape index (κ2) is 10.5. The minimum Gasteiger partial charge on any atom is -0.455 e. The molecule has 9 nitrogen and oxygen atoms in total. The van der Waals surface area contributed by atoms with Gasteiger partial charge in [0.15, 0.2) is 12.4 Å². The van der Waals surface area contributed by atoms with Crippen LogP contribution >= 0.6 is 0 Å². The van der Waals surface area contributed by atoms with E-state index in [1.54, 1.807) is 29.2 Å². The third-order valence-electron chi connectivity index (χ3n) is 5.59. The average molecular weight is 493 g/mol. The number of hydrogen-bond donors (Lipinski definition) is 1. The maximum absolute atomic E-state index is 12.9. The Bertz CT molecular complexity index is 1140. The SMILES string of the molecule is CC(=O)c1ccccc1NC(=O)COC(=O)C1CCN(c2ccc(C(F)(F)F)cc2[N+](=O)[O-])CC1. The van der Waals surface area contributed by atoms with Crippen molar-refractivity contribution in [2.45, 2.75) is 25.9 Å². The number of nitrogens with zero attached hydrogens (tertiary/aromatic N) is 2. The van der Waals surface area contributed by atoms with Crippen molar-refractivity contribution >= 4 is 34.7 Å². The maximum Gasteiger partial charge on any atom is 0.416 e. The molecule has 1 aliphatic heterocycles. The van der Waals surface area contributed by atoms with Crippen LogP contribution in [-0.2, 0) is 20.5 Å². The molecular formula is C23H22F3N3O6. The predicted octanol–water partition coefficient (Wildman–Crippen LogP) is 4.21. The molecule has 1 saturated heterocycles. The van der Waals surface area contributed by atoms with E-state index in [0.29, 0.717) is 17.3 Å². The van der Waals surface area contributed by atoms with Crippen molar-refractivity contribution < 1.29 is 37.2 Å². The van der Waals surface area contributed by atoms with Crippen molar-refractivity contribution in [2.24, 2.45) is 5.92 Å². The largest absolute Gasteiger partial charge is 0.455 e. The number of nitrogens with one attached hydrogen (secondary N) is 1. The lowest BCUT2D eigenvalue weighted by Gasteiger charge is -2.32. The molecule has 1 amide bonds. The van der Waals surface area contributed by atoms with Crippen LogP contribution < -0.4 is 10.2 Å². The fraction of sp³-hybridized carbons (Fsp3) is 0.348. The van der Waals surface area contributed by atoms with Crippen LogP contribution in [0, 0.1) is 16.0 Å². The Morgan fingerprint density at radius 3 is 2.40 bits per heavy atom. The van der Waals surface area contributed by atoms with Gasteiger partial charge in [0.25, 0.3) is 11.6 Å². The predicted molar refractivity (Wildman–Crippen MR) is 119 cm³/mol. The molecule has 2 aromatic carbocycles. The molecule has 35 heavy (non-hydrogen) atoms. The maximum atomic E-state index is 12.9. The van der Waals surface area contributed by atoms with Crippen LogP contribution in [0.15, 0.2) is 42.5 Å². The topological polar surface area (TPSA) is 119 Å². The Labute approximate surface area is 198 Å². The summed E-state index contributed by atoms with van der Waals surface area (Å²) in [5.41, 5.74) is -1.12. The molecule has 0 aliphatic carbocycles. The minimum absolute atomic E-state index is 0.0401. The first kappa shape index (κ1) is 25.7. The Morgan fingerprint density at radius 1 is 1.14 bits per heavy atom. The lowest BCUT2D eigenvalue weighted by Crippen LogP contribution is -2.38. The zero-order chi connectivity index (χ0) is 25.8. The van der Waals surface area contributed by atoms with E-state index >= 15 is 0 Å². The van der Waals surface area contributed by atoms with Gasteiger partial charge in [0.1, 0.15) is 5.69 Å². The van der Waals surface area contributed by atoms with Gasteiger partial charge in [-0.3, -0.25) is 24.5 Å². The summed E-state index contributed by atoms with van der Waals surface area (Å²) in [6.07, 6.45) is -4.22. The highest BCUT2D eigenvalue weighted by Gasteiger charge is 2.35. The molecule has 0 saturated carbocycles. The van der Waals surface area contributed by atoms with Crippen LogP contribution in [0.1, 0.15) is 35.7 Å². The molecule has 2 aromatic rings. The molecule has 0 aromatic heterocycles. The van der Waals surface area contributed by atoms with Gasteiger partial charge in [0.2, 0.25) is 0 Å². The van der Waals surface area contributed by atoms with E-state index in [1.165, 1.54) is 6.92 Å². The number of esters is 1. The van der Waals surface area contributed by atoms with Crippen molar-refractivity contribution in [2.75, 3.05) is 29.9 Å². The average Bonchev–Trinajstić information content (AvgIpc) is 2.82. The number of ether oxygens (including phenoxy) is 1. The van der Waals surface area contributed by atoms with Gasteiger partial charge in [-0.1, -0.05) is 12.1 Å². The molecule has 1 fully saturated rings. The Kier molecular flexibility index (Phi) is 7.72. The monoisotopic (exact) mass is 493 g/mol. The molecule has 0 radical (unpaired) electrons. The summed E-state index contributed by atoms with van der Waals surface area (Å²) in [5.74, 6) is -2.05. The zero-order valence-electron chi connectivity index (χ0n) is 18.6. The first-order chi connectivity index (χ1) is 16.5. The number of anilines is 2. The number of benzene rings is 2. The summed E-state index contributed by atoms with van der Waals surface area (Å²) in [6.45, 7) is 1.17.